The van der Waals surface area contributed by atoms with Crippen molar-refractivity contribution in [2.75, 3.05) is 25.5 Å². The Balaban J connectivity index is 1.46. The van der Waals surface area contributed by atoms with Crippen LogP contribution in [0, 0.1) is 12.3 Å². The molecule has 0 atom stereocenters. The summed E-state index contributed by atoms with van der Waals surface area (Å²) < 4.78 is 54.3. The summed E-state index contributed by atoms with van der Waals surface area (Å²) in [4.78, 5) is 3.99. The van der Waals surface area contributed by atoms with Crippen LogP contribution in [0.2, 0.25) is 0 Å². The number of ether oxygens (including phenoxy) is 3. The summed E-state index contributed by atoms with van der Waals surface area (Å²) in [5.74, 6) is 0.665. The zero-order chi connectivity index (χ0) is 25.8. The number of methoxy groups -OCH3 is 2. The van der Waals surface area contributed by atoms with Crippen LogP contribution in [0.5, 0.6) is 17.4 Å². The number of hydrogen-bond acceptors (Lipinski definition) is 9. The lowest BCUT2D eigenvalue weighted by molar-refractivity contribution is 0.240. The molecule has 1 aromatic carbocycles. The Bertz CT molecular complexity index is 1570. The van der Waals surface area contributed by atoms with Gasteiger partial charge in [0.2, 0.25) is 5.88 Å². The first-order valence-corrected chi connectivity index (χ1v) is 13.5. The third-order valence-corrected chi connectivity index (χ3v) is 8.51. The van der Waals surface area contributed by atoms with E-state index in [1.54, 1.807) is 13.1 Å². The lowest BCUT2D eigenvalue weighted by Gasteiger charge is -2.16. The number of benzene rings is 1. The second-order valence-electron chi connectivity index (χ2n) is 9.65. The Morgan fingerprint density at radius 2 is 2.03 bits per heavy atom. The van der Waals surface area contributed by atoms with Gasteiger partial charge in [-0.2, -0.15) is 5.10 Å². The molecule has 0 saturated heterocycles. The second-order valence-corrected chi connectivity index (χ2v) is 11.3. The van der Waals surface area contributed by atoms with E-state index in [0.717, 1.165) is 36.8 Å². The van der Waals surface area contributed by atoms with Crippen LogP contribution in [-0.2, 0) is 23.0 Å². The first kappa shape index (κ1) is 23.6. The Kier molecular flexibility index (Phi) is 5.51. The highest BCUT2D eigenvalue weighted by molar-refractivity contribution is 7.93. The van der Waals surface area contributed by atoms with Crippen LogP contribution in [0.15, 0.2) is 40.0 Å². The van der Waals surface area contributed by atoms with Crippen LogP contribution < -0.4 is 18.9 Å². The Morgan fingerprint density at radius 3 is 2.73 bits per heavy atom. The number of aryl methyl sites for hydroxylation is 1. The summed E-state index contributed by atoms with van der Waals surface area (Å²) in [6, 6.07) is 5.30. The number of anilines is 1. The van der Waals surface area contributed by atoms with Crippen LogP contribution >= 0.6 is 0 Å². The summed E-state index contributed by atoms with van der Waals surface area (Å²) in [7, 11) is -1.48. The summed E-state index contributed by atoms with van der Waals surface area (Å²) in [6.45, 7) is 2.83. The normalized spacial score (nSPS) is 16.2. The Labute approximate surface area is 213 Å². The molecule has 194 valence electrons. The Hall–Kier alpha value is -3.80. The van der Waals surface area contributed by atoms with Crippen LogP contribution in [0.4, 0.5) is 5.82 Å². The number of nitrogens with one attached hydrogen (secondary N) is 1. The number of hydrogen-bond donors (Lipinski definition) is 1. The van der Waals surface area contributed by atoms with Crippen molar-refractivity contribution in [2.45, 2.75) is 44.0 Å². The number of fused-ring (bicyclic) bond motifs is 3. The number of sulfonamides is 1. The average Bonchev–Trinajstić information content (AvgIpc) is 3.34. The van der Waals surface area contributed by atoms with Gasteiger partial charge in [-0.15, -0.1) is 0 Å². The van der Waals surface area contributed by atoms with Gasteiger partial charge in [0.1, 0.15) is 16.9 Å². The molecule has 1 N–H and O–H groups in total. The van der Waals surface area contributed by atoms with Crippen LogP contribution in [-0.4, -0.2) is 49.2 Å². The van der Waals surface area contributed by atoms with E-state index >= 15 is 0 Å². The summed E-state index contributed by atoms with van der Waals surface area (Å²) in [5.41, 5.74) is 3.17. The van der Waals surface area contributed by atoms with E-state index in [0.29, 0.717) is 35.6 Å². The molecule has 4 heterocycles. The van der Waals surface area contributed by atoms with Crippen molar-refractivity contribution >= 4 is 26.8 Å². The van der Waals surface area contributed by atoms with E-state index in [1.165, 1.54) is 20.3 Å². The van der Waals surface area contributed by atoms with E-state index in [4.69, 9.17) is 18.7 Å². The molecule has 12 heteroatoms. The summed E-state index contributed by atoms with van der Waals surface area (Å²) in [5, 5.41) is 8.92. The number of aromatic nitrogens is 4. The molecule has 0 amide bonds. The molecule has 3 aromatic heterocycles. The lowest BCUT2D eigenvalue weighted by atomic mass is 9.94. The third kappa shape index (κ3) is 4.14. The molecule has 0 unspecified atom stereocenters. The molecule has 1 aliphatic carbocycles. The number of rotatable bonds is 7. The lowest BCUT2D eigenvalue weighted by Crippen LogP contribution is -2.17. The van der Waals surface area contributed by atoms with Gasteiger partial charge >= 0.3 is 0 Å². The molecular formula is C25H27N5O6S. The predicted molar refractivity (Wildman–Crippen MR) is 134 cm³/mol. The van der Waals surface area contributed by atoms with Gasteiger partial charge in [-0.05, 0) is 50.3 Å². The zero-order valence-corrected chi connectivity index (χ0v) is 21.6. The van der Waals surface area contributed by atoms with Crippen molar-refractivity contribution in [1.82, 2.24) is 19.9 Å². The Morgan fingerprint density at radius 1 is 1.19 bits per heavy atom. The van der Waals surface area contributed by atoms with E-state index in [1.807, 2.05) is 23.0 Å². The second kappa shape index (κ2) is 8.65. The molecule has 2 aliphatic rings. The van der Waals surface area contributed by atoms with Gasteiger partial charge < -0.3 is 18.7 Å². The van der Waals surface area contributed by atoms with Gasteiger partial charge in [0.15, 0.2) is 16.3 Å². The maximum atomic E-state index is 13.6. The van der Waals surface area contributed by atoms with Crippen LogP contribution in [0.1, 0.15) is 36.1 Å². The SMILES string of the molecule is COc1cc(C)nc(OC)c1S(=O)(=O)Nc1noc2cc(Cn3cccn3)c3c(c12)OCC1(CC3)CC1. The van der Waals surface area contributed by atoms with E-state index in [9.17, 15) is 8.42 Å². The highest BCUT2D eigenvalue weighted by Crippen LogP contribution is 2.53. The molecule has 0 radical (unpaired) electrons. The molecule has 11 nitrogen and oxygen atoms in total. The molecule has 4 aromatic rings. The van der Waals surface area contributed by atoms with Crippen molar-refractivity contribution in [3.63, 3.8) is 0 Å². The largest absolute Gasteiger partial charge is 0.495 e. The minimum absolute atomic E-state index is 0.0355. The van der Waals surface area contributed by atoms with Gasteiger partial charge in [0.25, 0.3) is 10.0 Å². The quantitative estimate of drug-likeness (QED) is 0.384. The highest BCUT2D eigenvalue weighted by atomic mass is 32.2. The minimum atomic E-state index is -4.23. The zero-order valence-electron chi connectivity index (χ0n) is 20.8. The fraction of sp³-hybridized carbons (Fsp3) is 0.400. The van der Waals surface area contributed by atoms with Gasteiger partial charge in [-0.3, -0.25) is 9.40 Å². The predicted octanol–water partition coefficient (Wildman–Crippen LogP) is 3.70. The molecule has 6 rings (SSSR count). The fourth-order valence-corrected chi connectivity index (χ4v) is 6.22. The molecule has 1 saturated carbocycles. The molecule has 1 aliphatic heterocycles. The van der Waals surface area contributed by atoms with Crippen molar-refractivity contribution in [2.24, 2.45) is 5.41 Å². The standard InChI is InChI=1S/C25H27N5O6S/c1-15-11-19(33-2)22(24(27-15)34-3)37(31,32)29-23-20-18(36-28-23)12-16(13-30-10-4-9-26-30)17-5-6-25(7-8-25)14-35-21(17)20/h4,9-12H,5-8,13-14H2,1-3H3,(H,28,29). The van der Waals surface area contributed by atoms with Gasteiger partial charge in [0.05, 0.1) is 27.4 Å². The smallest absolute Gasteiger partial charge is 0.272 e. The van der Waals surface area contributed by atoms with E-state index in [2.05, 4.69) is 20.0 Å². The fourth-order valence-electron chi connectivity index (χ4n) is 4.95. The molecule has 37 heavy (non-hydrogen) atoms. The first-order chi connectivity index (χ1) is 17.8. The highest BCUT2D eigenvalue weighted by Gasteiger charge is 2.45. The van der Waals surface area contributed by atoms with Crippen molar-refractivity contribution in [3.8, 4) is 17.4 Å². The van der Waals surface area contributed by atoms with Crippen LogP contribution in [0.25, 0.3) is 11.0 Å². The third-order valence-electron chi connectivity index (χ3n) is 7.14. The number of nitrogens with zero attached hydrogens (tertiary/aromatic N) is 4. The maximum Gasteiger partial charge on any atom is 0.272 e. The monoisotopic (exact) mass is 525 g/mol. The maximum absolute atomic E-state index is 13.6. The summed E-state index contributed by atoms with van der Waals surface area (Å²) >= 11 is 0. The van der Waals surface area contributed by atoms with Gasteiger partial charge in [0, 0.05) is 35.1 Å². The number of pyridine rings is 1. The summed E-state index contributed by atoms with van der Waals surface area (Å²) in [6.07, 6.45) is 7.70. The minimum Gasteiger partial charge on any atom is -0.495 e. The first-order valence-electron chi connectivity index (χ1n) is 12.0. The average molecular weight is 526 g/mol. The topological polar surface area (TPSA) is 131 Å². The molecule has 0 bridgehead atoms. The van der Waals surface area contributed by atoms with Crippen molar-refractivity contribution in [1.29, 1.82) is 0 Å². The van der Waals surface area contributed by atoms with Crippen molar-refractivity contribution in [3.05, 3.63) is 47.4 Å². The molecular weight excluding hydrogens is 498 g/mol. The van der Waals surface area contributed by atoms with Crippen LogP contribution in [0.3, 0.4) is 0 Å². The molecule has 1 spiro atoms. The van der Waals surface area contributed by atoms with Gasteiger partial charge in [-0.1, -0.05) is 5.16 Å². The molecule has 1 fully saturated rings. The van der Waals surface area contributed by atoms with E-state index < -0.39 is 10.0 Å². The van der Waals surface area contributed by atoms with Crippen molar-refractivity contribution < 1.29 is 27.2 Å². The van der Waals surface area contributed by atoms with Gasteiger partial charge in [-0.25, -0.2) is 13.4 Å². The van der Waals surface area contributed by atoms with E-state index in [-0.39, 0.29) is 27.8 Å².